The van der Waals surface area contributed by atoms with Gasteiger partial charge in [0.1, 0.15) is 28.6 Å². The Balaban J connectivity index is 1.90. The van der Waals surface area contributed by atoms with Gasteiger partial charge in [0.2, 0.25) is 5.91 Å². The van der Waals surface area contributed by atoms with E-state index in [9.17, 15) is 23.1 Å². The second-order valence-corrected chi connectivity index (χ2v) is 11.5. The number of nitrogens with zero attached hydrogens (tertiary/aromatic N) is 1. The average Bonchev–Trinajstić information content (AvgIpc) is 3.23. The van der Waals surface area contributed by atoms with Gasteiger partial charge >= 0.3 is 5.97 Å². The molecular formula is C26H33NO7S. The highest BCUT2D eigenvalue weighted by Crippen LogP contribution is 2.37. The molecule has 0 unspecified atom stereocenters. The summed E-state index contributed by atoms with van der Waals surface area (Å²) in [6.07, 6.45) is 3.20. The fourth-order valence-electron chi connectivity index (χ4n) is 4.67. The fraction of sp³-hybridized carbons (Fsp3) is 0.462. The van der Waals surface area contributed by atoms with Crippen LogP contribution in [0.1, 0.15) is 57.1 Å². The van der Waals surface area contributed by atoms with Crippen molar-refractivity contribution in [2.75, 3.05) is 10.7 Å². The van der Waals surface area contributed by atoms with Gasteiger partial charge in [0.05, 0.1) is 5.75 Å². The monoisotopic (exact) mass is 503 g/mol. The molecule has 2 N–H and O–H groups in total. The zero-order valence-corrected chi connectivity index (χ0v) is 21.4. The molecule has 1 fully saturated rings. The lowest BCUT2D eigenvalue weighted by atomic mass is 10.1. The molecule has 1 aliphatic rings. The first kappa shape index (κ1) is 26.5. The Morgan fingerprint density at radius 3 is 2.23 bits per heavy atom. The minimum atomic E-state index is -3.68. The number of carbonyl (C=O) groups is 2. The number of carboxylic acids is 1. The van der Waals surface area contributed by atoms with Crippen LogP contribution in [0.25, 0.3) is 0 Å². The molecule has 2 aromatic carbocycles. The first-order valence-corrected chi connectivity index (χ1v) is 13.4. The van der Waals surface area contributed by atoms with Crippen molar-refractivity contribution in [1.29, 1.82) is 0 Å². The molecule has 8 nitrogen and oxygen atoms in total. The summed E-state index contributed by atoms with van der Waals surface area (Å²) in [5.74, 6) is -1.14. The van der Waals surface area contributed by atoms with Crippen LogP contribution in [0.2, 0.25) is 0 Å². The molecule has 0 saturated heterocycles. The molecular weight excluding hydrogens is 470 g/mol. The SMILES string of the molecule is Cc1cc(N(C(=O)CC(=O)O)C(C)C)cc(C)c1Oc1ccc(O)c(S(=O)(=O)CC2CCCC2)c1. The number of aliphatic carboxylic acids is 1. The van der Waals surface area contributed by atoms with Crippen LogP contribution in [0.15, 0.2) is 35.2 Å². The van der Waals surface area contributed by atoms with Crippen LogP contribution in [0.3, 0.4) is 0 Å². The van der Waals surface area contributed by atoms with Crippen molar-refractivity contribution in [3.8, 4) is 17.2 Å². The number of benzene rings is 2. The molecule has 0 atom stereocenters. The molecule has 3 rings (SSSR count). The number of aryl methyl sites for hydroxylation is 2. The van der Waals surface area contributed by atoms with Crippen molar-refractivity contribution < 1.29 is 33.0 Å². The lowest BCUT2D eigenvalue weighted by molar-refractivity contribution is -0.140. The molecule has 0 aliphatic heterocycles. The minimum absolute atomic E-state index is 0.00613. The molecule has 0 bridgehead atoms. The van der Waals surface area contributed by atoms with E-state index in [1.165, 1.54) is 23.1 Å². The number of rotatable bonds is 9. The molecule has 0 heterocycles. The number of phenols is 1. The maximum atomic E-state index is 13.0. The average molecular weight is 504 g/mol. The van der Waals surface area contributed by atoms with E-state index < -0.39 is 28.1 Å². The van der Waals surface area contributed by atoms with Crippen molar-refractivity contribution in [3.63, 3.8) is 0 Å². The molecule has 0 spiro atoms. The van der Waals surface area contributed by atoms with Crippen molar-refractivity contribution in [2.24, 2.45) is 5.92 Å². The zero-order valence-electron chi connectivity index (χ0n) is 20.6. The second kappa shape index (κ2) is 10.7. The third kappa shape index (κ3) is 6.33. The number of ether oxygens (including phenoxy) is 1. The second-order valence-electron chi connectivity index (χ2n) is 9.50. The van der Waals surface area contributed by atoms with Gasteiger partial charge in [-0.15, -0.1) is 0 Å². The highest BCUT2D eigenvalue weighted by molar-refractivity contribution is 7.91. The summed E-state index contributed by atoms with van der Waals surface area (Å²) in [6.45, 7) is 7.20. The fourth-order valence-corrected chi connectivity index (χ4v) is 6.49. The number of sulfone groups is 1. The van der Waals surface area contributed by atoms with Crippen molar-refractivity contribution in [2.45, 2.75) is 70.7 Å². The Bertz CT molecular complexity index is 1190. The third-order valence-electron chi connectivity index (χ3n) is 6.23. The highest BCUT2D eigenvalue weighted by atomic mass is 32.2. The van der Waals surface area contributed by atoms with E-state index in [1.54, 1.807) is 39.8 Å². The number of hydrogen-bond donors (Lipinski definition) is 2. The predicted octanol–water partition coefficient (Wildman–Crippen LogP) is 4.98. The molecule has 1 amide bonds. The first-order chi connectivity index (χ1) is 16.4. The lowest BCUT2D eigenvalue weighted by Crippen LogP contribution is -2.38. The molecule has 190 valence electrons. The lowest BCUT2D eigenvalue weighted by Gasteiger charge is -2.28. The topological polar surface area (TPSA) is 121 Å². The molecule has 35 heavy (non-hydrogen) atoms. The number of carbonyl (C=O) groups excluding carboxylic acids is 1. The van der Waals surface area contributed by atoms with Crippen LogP contribution in [0.4, 0.5) is 5.69 Å². The van der Waals surface area contributed by atoms with Gasteiger partial charge in [0.25, 0.3) is 0 Å². The smallest absolute Gasteiger partial charge is 0.312 e. The summed E-state index contributed by atoms with van der Waals surface area (Å²) >= 11 is 0. The van der Waals surface area contributed by atoms with Gasteiger partial charge < -0.3 is 19.8 Å². The van der Waals surface area contributed by atoms with Crippen LogP contribution < -0.4 is 9.64 Å². The molecule has 0 aromatic heterocycles. The van der Waals surface area contributed by atoms with Gasteiger partial charge in [-0.3, -0.25) is 9.59 Å². The van der Waals surface area contributed by atoms with Gasteiger partial charge in [-0.05, 0) is 81.8 Å². The Morgan fingerprint density at radius 1 is 1.09 bits per heavy atom. The van der Waals surface area contributed by atoms with E-state index in [4.69, 9.17) is 9.84 Å². The molecule has 9 heteroatoms. The largest absolute Gasteiger partial charge is 0.507 e. The van der Waals surface area contributed by atoms with Crippen LogP contribution >= 0.6 is 0 Å². The van der Waals surface area contributed by atoms with E-state index in [2.05, 4.69) is 0 Å². The first-order valence-electron chi connectivity index (χ1n) is 11.8. The van der Waals surface area contributed by atoms with E-state index in [0.717, 1.165) is 25.7 Å². The molecule has 1 saturated carbocycles. The van der Waals surface area contributed by atoms with Crippen molar-refractivity contribution in [3.05, 3.63) is 41.5 Å². The van der Waals surface area contributed by atoms with Gasteiger partial charge in [-0.25, -0.2) is 8.42 Å². The van der Waals surface area contributed by atoms with Crippen LogP contribution in [-0.4, -0.2) is 42.3 Å². The molecule has 2 aromatic rings. The Kier molecular flexibility index (Phi) is 8.10. The van der Waals surface area contributed by atoms with E-state index in [-0.39, 0.29) is 34.1 Å². The highest BCUT2D eigenvalue weighted by Gasteiger charge is 2.27. The van der Waals surface area contributed by atoms with Gasteiger partial charge in [-0.1, -0.05) is 12.8 Å². The number of amides is 1. The predicted molar refractivity (Wildman–Crippen MR) is 133 cm³/mol. The number of phenolic OH excluding ortho intramolecular Hbond substituents is 1. The molecule has 1 aliphatic carbocycles. The van der Waals surface area contributed by atoms with E-state index in [0.29, 0.717) is 22.6 Å². The van der Waals surface area contributed by atoms with Crippen molar-refractivity contribution >= 4 is 27.4 Å². The number of hydrogen-bond acceptors (Lipinski definition) is 6. The van der Waals surface area contributed by atoms with Crippen molar-refractivity contribution in [1.82, 2.24) is 0 Å². The summed E-state index contributed by atoms with van der Waals surface area (Å²) in [5, 5.41) is 19.3. The normalized spacial score (nSPS) is 14.3. The van der Waals surface area contributed by atoms with E-state index in [1.807, 2.05) is 0 Å². The third-order valence-corrected chi connectivity index (χ3v) is 8.13. The molecule has 0 radical (unpaired) electrons. The zero-order chi connectivity index (χ0) is 25.9. The van der Waals surface area contributed by atoms with Crippen LogP contribution in [-0.2, 0) is 19.4 Å². The van der Waals surface area contributed by atoms with Crippen LogP contribution in [0, 0.1) is 19.8 Å². The Hall–Kier alpha value is -3.07. The summed E-state index contributed by atoms with van der Waals surface area (Å²) in [5.41, 5.74) is 1.94. The van der Waals surface area contributed by atoms with Gasteiger partial charge in [0.15, 0.2) is 9.84 Å². The van der Waals surface area contributed by atoms with Gasteiger partial charge in [0, 0.05) is 17.8 Å². The standard InChI is InChI=1S/C26H33NO7S/c1-16(2)27(24(29)14-25(30)31)20-11-17(3)26(18(4)12-20)34-21-9-10-22(28)23(13-21)35(32,33)15-19-7-5-6-8-19/h9-13,16,19,28H,5-8,14-15H2,1-4H3,(H,30,31). The minimum Gasteiger partial charge on any atom is -0.507 e. The maximum absolute atomic E-state index is 13.0. The number of aromatic hydroxyl groups is 1. The summed E-state index contributed by atoms with van der Waals surface area (Å²) in [4.78, 5) is 24.9. The number of carboxylic acid groups (broad SMARTS) is 1. The maximum Gasteiger partial charge on any atom is 0.312 e. The van der Waals surface area contributed by atoms with Crippen LogP contribution in [0.5, 0.6) is 17.2 Å². The summed E-state index contributed by atoms with van der Waals surface area (Å²) < 4.78 is 32.0. The van der Waals surface area contributed by atoms with E-state index >= 15 is 0 Å². The van der Waals surface area contributed by atoms with Gasteiger partial charge in [-0.2, -0.15) is 0 Å². The quantitative estimate of drug-likeness (QED) is 0.463. The Labute approximate surface area is 206 Å². The Morgan fingerprint density at radius 2 is 1.69 bits per heavy atom. The summed E-state index contributed by atoms with van der Waals surface area (Å²) in [7, 11) is -3.68. The summed E-state index contributed by atoms with van der Waals surface area (Å²) in [6, 6.07) is 7.40. The number of anilines is 1.